The van der Waals surface area contributed by atoms with Crippen LogP contribution < -0.4 is 5.32 Å². The maximum atomic E-state index is 12.1. The fourth-order valence-corrected chi connectivity index (χ4v) is 3.08. The van der Waals surface area contributed by atoms with E-state index in [4.69, 9.17) is 9.47 Å². The van der Waals surface area contributed by atoms with Crippen molar-refractivity contribution in [2.24, 2.45) is 0 Å². The lowest BCUT2D eigenvalue weighted by Gasteiger charge is -2.31. The molecule has 1 aromatic rings. The summed E-state index contributed by atoms with van der Waals surface area (Å²) >= 11 is 0. The number of benzene rings is 1. The Morgan fingerprint density at radius 3 is 2.67 bits per heavy atom. The number of carbonyl (C=O) groups is 1. The number of rotatable bonds is 3. The van der Waals surface area contributed by atoms with Gasteiger partial charge in [-0.05, 0) is 31.9 Å². The summed E-state index contributed by atoms with van der Waals surface area (Å²) in [7, 11) is 0. The predicted molar refractivity (Wildman–Crippen MR) is 80.2 cm³/mol. The molecule has 1 atom stereocenters. The molecular weight excluding hydrogens is 266 g/mol. The highest BCUT2D eigenvalue weighted by Gasteiger charge is 2.42. The lowest BCUT2D eigenvalue weighted by Crippen LogP contribution is -2.37. The van der Waals surface area contributed by atoms with Crippen LogP contribution >= 0.6 is 0 Å². The Kier molecular flexibility index (Phi) is 4.27. The summed E-state index contributed by atoms with van der Waals surface area (Å²) in [6.07, 6.45) is 5.54. The van der Waals surface area contributed by atoms with E-state index in [-0.39, 0.29) is 17.8 Å². The van der Waals surface area contributed by atoms with E-state index in [2.05, 4.69) is 5.32 Å². The number of nitrogens with one attached hydrogen (secondary N) is 1. The monoisotopic (exact) mass is 289 g/mol. The van der Waals surface area contributed by atoms with Crippen molar-refractivity contribution >= 4 is 5.91 Å². The quantitative estimate of drug-likeness (QED) is 0.931. The molecule has 1 spiro atoms. The van der Waals surface area contributed by atoms with E-state index in [1.807, 2.05) is 31.2 Å². The van der Waals surface area contributed by atoms with E-state index in [0.717, 1.165) is 18.4 Å². The maximum Gasteiger partial charge on any atom is 0.251 e. The molecule has 4 nitrogen and oxygen atoms in total. The van der Waals surface area contributed by atoms with Gasteiger partial charge in [0.05, 0.1) is 6.61 Å². The van der Waals surface area contributed by atoms with E-state index in [9.17, 15) is 4.79 Å². The summed E-state index contributed by atoms with van der Waals surface area (Å²) in [6, 6.07) is 7.58. The van der Waals surface area contributed by atoms with Gasteiger partial charge in [0.2, 0.25) is 0 Å². The highest BCUT2D eigenvalue weighted by molar-refractivity contribution is 5.94. The number of carbonyl (C=O) groups excluding carboxylic acids is 1. The summed E-state index contributed by atoms with van der Waals surface area (Å²) in [5.41, 5.74) is 1.84. The number of amides is 1. The van der Waals surface area contributed by atoms with Crippen LogP contribution in [0.2, 0.25) is 0 Å². The van der Waals surface area contributed by atoms with Crippen LogP contribution in [0.4, 0.5) is 0 Å². The second kappa shape index (κ2) is 6.16. The Morgan fingerprint density at radius 1 is 1.24 bits per heavy atom. The Morgan fingerprint density at radius 2 is 1.95 bits per heavy atom. The van der Waals surface area contributed by atoms with Gasteiger partial charge in [-0.1, -0.05) is 24.1 Å². The topological polar surface area (TPSA) is 47.6 Å². The Balaban J connectivity index is 1.49. The van der Waals surface area contributed by atoms with Gasteiger partial charge in [-0.25, -0.2) is 0 Å². The van der Waals surface area contributed by atoms with Crippen LogP contribution in [0.3, 0.4) is 0 Å². The molecule has 3 rings (SSSR count). The van der Waals surface area contributed by atoms with Crippen molar-refractivity contribution in [3.05, 3.63) is 35.4 Å². The van der Waals surface area contributed by atoms with Crippen molar-refractivity contribution in [3.8, 4) is 0 Å². The van der Waals surface area contributed by atoms with Crippen molar-refractivity contribution in [2.45, 2.75) is 50.9 Å². The minimum absolute atomic E-state index is 0.0301. The zero-order valence-corrected chi connectivity index (χ0v) is 12.6. The van der Waals surface area contributed by atoms with Gasteiger partial charge in [0.25, 0.3) is 5.91 Å². The molecule has 1 aliphatic heterocycles. The van der Waals surface area contributed by atoms with Gasteiger partial charge in [-0.15, -0.1) is 0 Å². The summed E-state index contributed by atoms with van der Waals surface area (Å²) in [6.45, 7) is 3.09. The number of hydrogen-bond donors (Lipinski definition) is 1. The summed E-state index contributed by atoms with van der Waals surface area (Å²) in [5, 5.41) is 2.94. The number of aryl methyl sites for hydroxylation is 1. The van der Waals surface area contributed by atoms with Crippen LogP contribution in [0.25, 0.3) is 0 Å². The minimum atomic E-state index is -0.364. The number of hydrogen-bond acceptors (Lipinski definition) is 3. The standard InChI is InChI=1S/C17H23NO3/c1-13-5-7-14(8-6-13)16(19)18-11-15-12-20-17(21-15)9-3-2-4-10-17/h5-8,15H,2-4,9-12H2,1H3,(H,18,19)/t15-/m1/s1. The summed E-state index contributed by atoms with van der Waals surface area (Å²) in [4.78, 5) is 12.1. The van der Waals surface area contributed by atoms with E-state index < -0.39 is 0 Å². The first-order valence-corrected chi connectivity index (χ1v) is 7.84. The SMILES string of the molecule is Cc1ccc(C(=O)NC[C@@H]2COC3(CCCCC3)O2)cc1. The second-order valence-electron chi connectivity index (χ2n) is 6.10. The molecule has 1 aromatic carbocycles. The Labute approximate surface area is 125 Å². The second-order valence-corrected chi connectivity index (χ2v) is 6.10. The largest absolute Gasteiger partial charge is 0.349 e. The van der Waals surface area contributed by atoms with Crippen LogP contribution in [0, 0.1) is 6.92 Å². The van der Waals surface area contributed by atoms with Gasteiger partial charge in [-0.3, -0.25) is 4.79 Å². The molecule has 2 aliphatic rings. The van der Waals surface area contributed by atoms with Gasteiger partial charge in [0.1, 0.15) is 6.10 Å². The van der Waals surface area contributed by atoms with Crippen LogP contribution in [-0.2, 0) is 9.47 Å². The van der Waals surface area contributed by atoms with Crippen molar-refractivity contribution in [3.63, 3.8) is 0 Å². The van der Waals surface area contributed by atoms with E-state index in [0.29, 0.717) is 18.7 Å². The highest BCUT2D eigenvalue weighted by Crippen LogP contribution is 2.37. The molecule has 0 aromatic heterocycles. The first-order valence-electron chi connectivity index (χ1n) is 7.84. The smallest absolute Gasteiger partial charge is 0.251 e. The third kappa shape index (κ3) is 3.44. The predicted octanol–water partition coefficient (Wildman–Crippen LogP) is 2.80. The average molecular weight is 289 g/mol. The Hall–Kier alpha value is -1.39. The molecule has 21 heavy (non-hydrogen) atoms. The maximum absolute atomic E-state index is 12.1. The van der Waals surface area contributed by atoms with Crippen molar-refractivity contribution in [1.82, 2.24) is 5.32 Å². The zero-order chi connectivity index (χ0) is 14.7. The van der Waals surface area contributed by atoms with Crippen LogP contribution in [0.5, 0.6) is 0 Å². The minimum Gasteiger partial charge on any atom is -0.349 e. The molecule has 1 saturated heterocycles. The Bertz CT molecular complexity index is 491. The summed E-state index contributed by atoms with van der Waals surface area (Å²) in [5.74, 6) is -0.416. The van der Waals surface area contributed by atoms with E-state index in [1.165, 1.54) is 19.3 Å². The lowest BCUT2D eigenvalue weighted by molar-refractivity contribution is -0.186. The molecule has 0 bridgehead atoms. The van der Waals surface area contributed by atoms with E-state index in [1.54, 1.807) is 0 Å². The van der Waals surface area contributed by atoms with Crippen LogP contribution in [0.15, 0.2) is 24.3 Å². The lowest BCUT2D eigenvalue weighted by atomic mass is 9.94. The highest BCUT2D eigenvalue weighted by atomic mass is 16.7. The third-order valence-corrected chi connectivity index (χ3v) is 4.33. The fourth-order valence-electron chi connectivity index (χ4n) is 3.08. The van der Waals surface area contributed by atoms with E-state index >= 15 is 0 Å². The van der Waals surface area contributed by atoms with Crippen molar-refractivity contribution in [1.29, 1.82) is 0 Å². The van der Waals surface area contributed by atoms with Gasteiger partial charge < -0.3 is 14.8 Å². The molecule has 2 fully saturated rings. The molecule has 1 saturated carbocycles. The molecule has 4 heteroatoms. The molecule has 0 unspecified atom stereocenters. The molecule has 1 N–H and O–H groups in total. The molecule has 114 valence electrons. The average Bonchev–Trinajstić information content (AvgIpc) is 2.89. The molecule has 1 heterocycles. The van der Waals surface area contributed by atoms with Crippen LogP contribution in [-0.4, -0.2) is 30.9 Å². The third-order valence-electron chi connectivity index (χ3n) is 4.33. The zero-order valence-electron chi connectivity index (χ0n) is 12.6. The van der Waals surface area contributed by atoms with Gasteiger partial charge in [0, 0.05) is 24.9 Å². The fraction of sp³-hybridized carbons (Fsp3) is 0.588. The van der Waals surface area contributed by atoms with Gasteiger partial charge in [0.15, 0.2) is 5.79 Å². The van der Waals surface area contributed by atoms with Crippen LogP contribution in [0.1, 0.15) is 48.0 Å². The molecule has 1 amide bonds. The molecule has 0 radical (unpaired) electrons. The van der Waals surface area contributed by atoms with Gasteiger partial charge >= 0.3 is 0 Å². The van der Waals surface area contributed by atoms with Gasteiger partial charge in [-0.2, -0.15) is 0 Å². The normalized spacial score (nSPS) is 24.1. The van der Waals surface area contributed by atoms with Crippen molar-refractivity contribution < 1.29 is 14.3 Å². The number of ether oxygens (including phenoxy) is 2. The van der Waals surface area contributed by atoms with Crippen molar-refractivity contribution in [2.75, 3.05) is 13.2 Å². The summed E-state index contributed by atoms with van der Waals surface area (Å²) < 4.78 is 11.9. The molecular formula is C17H23NO3. The molecule has 1 aliphatic carbocycles. The first-order chi connectivity index (χ1) is 10.2. The first kappa shape index (κ1) is 14.5.